The first-order valence-corrected chi connectivity index (χ1v) is 10.4. The SMILES string of the molecule is COC(=O)c1c(NC(=S)NC(=O)C=Cc2ccco2)sc2c1CCCCCC2. The number of amides is 1. The Morgan fingerprint density at radius 1 is 1.25 bits per heavy atom. The third-order valence-corrected chi connectivity index (χ3v) is 5.88. The normalized spacial score (nSPS) is 14.0. The molecule has 8 heteroatoms. The number of rotatable bonds is 4. The largest absolute Gasteiger partial charge is 0.465 e. The van der Waals surface area contributed by atoms with Crippen molar-refractivity contribution in [3.8, 4) is 0 Å². The first-order chi connectivity index (χ1) is 13.6. The number of thiophene rings is 1. The second kappa shape index (κ2) is 9.66. The van der Waals surface area contributed by atoms with Gasteiger partial charge < -0.3 is 14.5 Å². The van der Waals surface area contributed by atoms with Crippen molar-refractivity contribution < 1.29 is 18.7 Å². The van der Waals surface area contributed by atoms with Gasteiger partial charge >= 0.3 is 5.97 Å². The lowest BCUT2D eigenvalue weighted by Crippen LogP contribution is -2.33. The monoisotopic (exact) mass is 418 g/mol. The Morgan fingerprint density at radius 2 is 2.04 bits per heavy atom. The van der Waals surface area contributed by atoms with E-state index in [9.17, 15) is 9.59 Å². The van der Waals surface area contributed by atoms with Crippen LogP contribution in [0, 0.1) is 0 Å². The Labute approximate surface area is 173 Å². The minimum atomic E-state index is -0.386. The molecule has 3 rings (SSSR count). The summed E-state index contributed by atoms with van der Waals surface area (Å²) in [5.41, 5.74) is 1.58. The van der Waals surface area contributed by atoms with Crippen molar-refractivity contribution in [2.75, 3.05) is 12.4 Å². The van der Waals surface area contributed by atoms with Crippen LogP contribution in [0.4, 0.5) is 5.00 Å². The lowest BCUT2D eigenvalue weighted by molar-refractivity contribution is -0.115. The molecular weight excluding hydrogens is 396 g/mol. The van der Waals surface area contributed by atoms with E-state index >= 15 is 0 Å². The fraction of sp³-hybridized carbons (Fsp3) is 0.350. The number of methoxy groups -OCH3 is 1. The lowest BCUT2D eigenvalue weighted by atomic mass is 9.96. The molecule has 0 aromatic carbocycles. The maximum Gasteiger partial charge on any atom is 0.341 e. The predicted molar refractivity (Wildman–Crippen MR) is 114 cm³/mol. The van der Waals surface area contributed by atoms with Gasteiger partial charge in [0.25, 0.3) is 0 Å². The van der Waals surface area contributed by atoms with Crippen molar-refractivity contribution in [2.24, 2.45) is 0 Å². The third-order valence-electron chi connectivity index (χ3n) is 4.47. The Hall–Kier alpha value is -2.45. The molecule has 1 aliphatic carbocycles. The Bertz CT molecular complexity index is 884. The van der Waals surface area contributed by atoms with E-state index in [0.717, 1.165) is 37.7 Å². The molecule has 2 aromatic heterocycles. The van der Waals surface area contributed by atoms with Crippen LogP contribution in [0.25, 0.3) is 6.08 Å². The minimum Gasteiger partial charge on any atom is -0.465 e. The van der Waals surface area contributed by atoms with Gasteiger partial charge in [-0.2, -0.15) is 0 Å². The molecule has 0 unspecified atom stereocenters. The fourth-order valence-corrected chi connectivity index (χ4v) is 4.71. The van der Waals surface area contributed by atoms with Crippen molar-refractivity contribution >= 4 is 51.6 Å². The van der Waals surface area contributed by atoms with E-state index in [2.05, 4.69) is 10.6 Å². The van der Waals surface area contributed by atoms with Crippen molar-refractivity contribution in [1.82, 2.24) is 5.32 Å². The van der Waals surface area contributed by atoms with Gasteiger partial charge in [0.1, 0.15) is 10.8 Å². The highest BCUT2D eigenvalue weighted by molar-refractivity contribution is 7.80. The van der Waals surface area contributed by atoms with E-state index in [1.54, 1.807) is 18.2 Å². The highest BCUT2D eigenvalue weighted by Crippen LogP contribution is 2.37. The summed E-state index contributed by atoms with van der Waals surface area (Å²) in [4.78, 5) is 25.6. The van der Waals surface area contributed by atoms with Gasteiger partial charge in [0.2, 0.25) is 5.91 Å². The molecule has 1 amide bonds. The number of ether oxygens (including phenoxy) is 1. The maximum atomic E-state index is 12.4. The summed E-state index contributed by atoms with van der Waals surface area (Å²) in [6, 6.07) is 3.48. The van der Waals surface area contributed by atoms with Gasteiger partial charge in [0, 0.05) is 11.0 Å². The van der Waals surface area contributed by atoms with E-state index in [1.807, 2.05) is 0 Å². The zero-order chi connectivity index (χ0) is 19.9. The summed E-state index contributed by atoms with van der Waals surface area (Å²) in [7, 11) is 1.37. The molecule has 0 atom stereocenters. The first-order valence-electron chi connectivity index (χ1n) is 9.15. The Morgan fingerprint density at radius 3 is 2.75 bits per heavy atom. The van der Waals surface area contributed by atoms with Crippen LogP contribution in [0.5, 0.6) is 0 Å². The average Bonchev–Trinajstić information content (AvgIpc) is 3.27. The molecule has 28 heavy (non-hydrogen) atoms. The number of furan rings is 1. The molecule has 6 nitrogen and oxygen atoms in total. The fourth-order valence-electron chi connectivity index (χ4n) is 3.16. The van der Waals surface area contributed by atoms with Gasteiger partial charge in [-0.3, -0.25) is 10.1 Å². The highest BCUT2D eigenvalue weighted by atomic mass is 32.1. The molecule has 0 fully saturated rings. The first kappa shape index (κ1) is 20.3. The van der Waals surface area contributed by atoms with Gasteiger partial charge in [-0.05, 0) is 61.7 Å². The zero-order valence-electron chi connectivity index (χ0n) is 15.6. The molecule has 0 bridgehead atoms. The molecule has 0 aliphatic heterocycles. The van der Waals surface area contributed by atoms with Crippen LogP contribution in [0.15, 0.2) is 28.9 Å². The van der Waals surface area contributed by atoms with E-state index < -0.39 is 0 Å². The number of fused-ring (bicyclic) bond motifs is 1. The number of esters is 1. The average molecular weight is 419 g/mol. The second-order valence-corrected chi connectivity index (χ2v) is 7.92. The number of hydrogen-bond donors (Lipinski definition) is 2. The maximum absolute atomic E-state index is 12.4. The molecule has 0 spiro atoms. The van der Waals surface area contributed by atoms with Crippen LogP contribution in [0.2, 0.25) is 0 Å². The van der Waals surface area contributed by atoms with Gasteiger partial charge in [-0.15, -0.1) is 11.3 Å². The van der Waals surface area contributed by atoms with Gasteiger partial charge in [-0.25, -0.2) is 4.79 Å². The number of anilines is 1. The molecule has 2 N–H and O–H groups in total. The zero-order valence-corrected chi connectivity index (χ0v) is 17.2. The number of carbonyl (C=O) groups is 2. The van der Waals surface area contributed by atoms with Crippen LogP contribution < -0.4 is 10.6 Å². The van der Waals surface area contributed by atoms with E-state index in [-0.39, 0.29) is 17.0 Å². The van der Waals surface area contributed by atoms with Gasteiger partial charge in [0.05, 0.1) is 18.9 Å². The van der Waals surface area contributed by atoms with Crippen molar-refractivity contribution in [3.05, 3.63) is 46.2 Å². The number of thiocarbonyl (C=S) groups is 1. The molecule has 0 saturated carbocycles. The third kappa shape index (κ3) is 5.08. The second-order valence-electron chi connectivity index (χ2n) is 6.41. The summed E-state index contributed by atoms with van der Waals surface area (Å²) < 4.78 is 10.1. The van der Waals surface area contributed by atoms with Gasteiger partial charge in [0.15, 0.2) is 5.11 Å². The molecule has 0 saturated heterocycles. The van der Waals surface area contributed by atoms with Crippen molar-refractivity contribution in [2.45, 2.75) is 38.5 Å². The topological polar surface area (TPSA) is 80.6 Å². The summed E-state index contributed by atoms with van der Waals surface area (Å²) in [6.07, 6.45) is 10.7. The van der Waals surface area contributed by atoms with Crippen LogP contribution in [0.3, 0.4) is 0 Å². The van der Waals surface area contributed by atoms with Gasteiger partial charge in [-0.1, -0.05) is 12.8 Å². The number of nitrogens with one attached hydrogen (secondary N) is 2. The number of hydrogen-bond acceptors (Lipinski definition) is 6. The van der Waals surface area contributed by atoms with E-state index in [1.165, 1.54) is 42.1 Å². The molecule has 2 heterocycles. The molecule has 0 radical (unpaired) electrons. The number of aryl methyl sites for hydroxylation is 1. The van der Waals surface area contributed by atoms with Crippen LogP contribution in [-0.2, 0) is 22.4 Å². The summed E-state index contributed by atoms with van der Waals surface area (Å²) >= 11 is 6.77. The smallest absolute Gasteiger partial charge is 0.341 e. The summed E-state index contributed by atoms with van der Waals surface area (Å²) in [5, 5.41) is 6.35. The summed E-state index contributed by atoms with van der Waals surface area (Å²) in [5.74, 6) is -0.198. The Balaban J connectivity index is 1.73. The van der Waals surface area contributed by atoms with E-state index in [4.69, 9.17) is 21.4 Å². The molecular formula is C20H22N2O4S2. The molecule has 1 aliphatic rings. The molecule has 148 valence electrons. The quantitative estimate of drug-likeness (QED) is 0.437. The predicted octanol–water partition coefficient (Wildman–Crippen LogP) is 4.31. The van der Waals surface area contributed by atoms with Crippen LogP contribution in [0.1, 0.15) is 52.2 Å². The van der Waals surface area contributed by atoms with Crippen molar-refractivity contribution in [1.29, 1.82) is 0 Å². The summed E-state index contributed by atoms with van der Waals surface area (Å²) in [6.45, 7) is 0. The lowest BCUT2D eigenvalue weighted by Gasteiger charge is -2.11. The van der Waals surface area contributed by atoms with E-state index in [0.29, 0.717) is 16.3 Å². The van der Waals surface area contributed by atoms with Crippen LogP contribution in [-0.4, -0.2) is 24.1 Å². The highest BCUT2D eigenvalue weighted by Gasteiger charge is 2.25. The van der Waals surface area contributed by atoms with Crippen LogP contribution >= 0.6 is 23.6 Å². The molecule has 2 aromatic rings. The number of carbonyl (C=O) groups excluding carboxylic acids is 2. The minimum absolute atomic E-state index is 0.133. The Kier molecular flexibility index (Phi) is 7.00. The van der Waals surface area contributed by atoms with Crippen molar-refractivity contribution in [3.63, 3.8) is 0 Å². The standard InChI is InChI=1S/C20H22N2O4S2/c1-25-19(24)17-14-8-4-2-3-5-9-15(14)28-18(17)22-20(27)21-16(23)11-10-13-7-6-12-26-13/h6-7,10-12H,2-5,8-9H2,1H3,(H2,21,22,23,27).